The molecule has 0 aliphatic rings. The Labute approximate surface area is 184 Å². The monoisotopic (exact) mass is 457 g/mol. The Morgan fingerprint density at radius 2 is 1.70 bits per heavy atom. The fourth-order valence-corrected chi connectivity index (χ4v) is 3.49. The summed E-state index contributed by atoms with van der Waals surface area (Å²) >= 11 is 0. The molecule has 2 aromatic carbocycles. The minimum Gasteiger partial charge on any atom is -0.325 e. The van der Waals surface area contributed by atoms with Crippen LogP contribution in [0.25, 0.3) is 22.3 Å². The predicted molar refractivity (Wildman–Crippen MR) is 116 cm³/mol. The number of aromatic nitrogens is 4. The fraction of sp³-hybridized carbons (Fsp3) is 0.182. The number of aryl methyl sites for hydroxylation is 1. The zero-order valence-electron chi connectivity index (χ0n) is 17.6. The number of imidazole rings is 1. The van der Waals surface area contributed by atoms with E-state index in [9.17, 15) is 27.6 Å². The van der Waals surface area contributed by atoms with Crippen molar-refractivity contribution in [3.05, 3.63) is 81.3 Å². The number of fused-ring (bicyclic) bond motifs is 1. The van der Waals surface area contributed by atoms with Crippen molar-refractivity contribution in [2.75, 3.05) is 5.32 Å². The number of alkyl halides is 3. The number of carbonyl (C=O) groups excluding carboxylic acids is 1. The molecule has 11 heteroatoms. The van der Waals surface area contributed by atoms with Gasteiger partial charge in [0.1, 0.15) is 6.54 Å². The minimum atomic E-state index is -4.44. The molecule has 0 atom stereocenters. The third-order valence-electron chi connectivity index (χ3n) is 5.22. The third-order valence-corrected chi connectivity index (χ3v) is 5.22. The number of rotatable bonds is 4. The molecule has 0 fully saturated rings. The van der Waals surface area contributed by atoms with Gasteiger partial charge < -0.3 is 9.88 Å². The summed E-state index contributed by atoms with van der Waals surface area (Å²) in [4.78, 5) is 41.1. The van der Waals surface area contributed by atoms with Gasteiger partial charge in [0.15, 0.2) is 11.2 Å². The van der Waals surface area contributed by atoms with Gasteiger partial charge in [-0.25, -0.2) is 9.78 Å². The van der Waals surface area contributed by atoms with E-state index in [2.05, 4.69) is 10.3 Å². The molecule has 0 spiro atoms. The van der Waals surface area contributed by atoms with Crippen LogP contribution >= 0.6 is 0 Å². The van der Waals surface area contributed by atoms with E-state index < -0.39 is 28.9 Å². The van der Waals surface area contributed by atoms with Gasteiger partial charge in [-0.2, -0.15) is 13.2 Å². The molecule has 0 aliphatic heterocycles. The summed E-state index contributed by atoms with van der Waals surface area (Å²) in [5, 5.41) is 2.67. The number of amides is 1. The molecule has 1 amide bonds. The number of nitrogens with one attached hydrogen (secondary N) is 1. The van der Waals surface area contributed by atoms with Gasteiger partial charge >= 0.3 is 11.9 Å². The highest BCUT2D eigenvalue weighted by molar-refractivity contribution is 5.91. The Balaban J connectivity index is 1.53. The molecule has 33 heavy (non-hydrogen) atoms. The third kappa shape index (κ3) is 4.16. The van der Waals surface area contributed by atoms with Crippen molar-refractivity contribution in [1.29, 1.82) is 0 Å². The van der Waals surface area contributed by atoms with E-state index in [4.69, 9.17) is 0 Å². The zero-order valence-corrected chi connectivity index (χ0v) is 17.6. The SMILES string of the molecule is Cn1c(=O)c2c(ncn2CC(=O)Nc2ccc(-c3cccc(C(F)(F)F)c3)cc2)n(C)c1=O. The summed E-state index contributed by atoms with van der Waals surface area (Å²) in [6.07, 6.45) is -3.13. The number of hydrogen-bond acceptors (Lipinski definition) is 4. The average Bonchev–Trinajstić information content (AvgIpc) is 3.19. The predicted octanol–water partition coefficient (Wildman–Crippen LogP) is 2.76. The van der Waals surface area contributed by atoms with Crippen molar-refractivity contribution in [2.24, 2.45) is 14.1 Å². The Morgan fingerprint density at radius 3 is 2.36 bits per heavy atom. The second-order valence-electron chi connectivity index (χ2n) is 7.45. The second-order valence-corrected chi connectivity index (χ2v) is 7.45. The van der Waals surface area contributed by atoms with Crippen LogP contribution in [0.5, 0.6) is 0 Å². The van der Waals surface area contributed by atoms with E-state index >= 15 is 0 Å². The van der Waals surface area contributed by atoms with Gasteiger partial charge in [0.25, 0.3) is 5.56 Å². The lowest BCUT2D eigenvalue weighted by atomic mass is 10.0. The summed E-state index contributed by atoms with van der Waals surface area (Å²) in [5.74, 6) is -0.447. The maximum atomic E-state index is 12.9. The molecular formula is C22H18F3N5O3. The van der Waals surface area contributed by atoms with Crippen molar-refractivity contribution in [1.82, 2.24) is 18.7 Å². The fourth-order valence-electron chi connectivity index (χ4n) is 3.49. The molecule has 170 valence electrons. The van der Waals surface area contributed by atoms with Gasteiger partial charge in [0.05, 0.1) is 11.9 Å². The molecule has 0 radical (unpaired) electrons. The van der Waals surface area contributed by atoms with Gasteiger partial charge in [0.2, 0.25) is 5.91 Å². The standard InChI is InChI=1S/C22H18F3N5O3/c1-28-19-18(20(32)29(2)21(28)33)30(12-26-19)11-17(31)27-16-8-6-13(7-9-16)14-4-3-5-15(10-14)22(23,24)25/h3-10,12H,11H2,1-2H3,(H,27,31). The first-order valence-corrected chi connectivity index (χ1v) is 9.74. The molecule has 0 bridgehead atoms. The van der Waals surface area contributed by atoms with Crippen LogP contribution in [0.2, 0.25) is 0 Å². The van der Waals surface area contributed by atoms with Gasteiger partial charge in [-0.05, 0) is 35.4 Å². The molecule has 4 rings (SSSR count). The topological polar surface area (TPSA) is 90.9 Å². The summed E-state index contributed by atoms with van der Waals surface area (Å²) < 4.78 is 42.3. The van der Waals surface area contributed by atoms with Crippen LogP contribution in [0.1, 0.15) is 5.56 Å². The van der Waals surface area contributed by atoms with Crippen molar-refractivity contribution in [3.63, 3.8) is 0 Å². The highest BCUT2D eigenvalue weighted by Gasteiger charge is 2.30. The van der Waals surface area contributed by atoms with Crippen LogP contribution in [0.15, 0.2) is 64.4 Å². The van der Waals surface area contributed by atoms with Crippen LogP contribution < -0.4 is 16.6 Å². The normalized spacial score (nSPS) is 11.7. The first-order valence-electron chi connectivity index (χ1n) is 9.74. The lowest BCUT2D eigenvalue weighted by molar-refractivity contribution is -0.137. The highest BCUT2D eigenvalue weighted by atomic mass is 19.4. The molecule has 0 saturated heterocycles. The molecule has 8 nitrogen and oxygen atoms in total. The van der Waals surface area contributed by atoms with Crippen LogP contribution in [-0.2, 0) is 31.6 Å². The molecule has 0 aliphatic carbocycles. The summed E-state index contributed by atoms with van der Waals surface area (Å²) in [5.41, 5.74) is -0.157. The van der Waals surface area contributed by atoms with E-state index in [1.165, 1.54) is 35.6 Å². The Hall–Kier alpha value is -4.15. The number of anilines is 1. The van der Waals surface area contributed by atoms with Gasteiger partial charge in [0, 0.05) is 19.8 Å². The first kappa shape index (κ1) is 22.1. The lowest BCUT2D eigenvalue weighted by Crippen LogP contribution is -2.37. The van der Waals surface area contributed by atoms with Crippen molar-refractivity contribution in [3.8, 4) is 11.1 Å². The Kier molecular flexibility index (Phi) is 5.40. The molecule has 2 heterocycles. The number of nitrogens with zero attached hydrogens (tertiary/aromatic N) is 4. The van der Waals surface area contributed by atoms with Gasteiger partial charge in [-0.3, -0.25) is 18.7 Å². The minimum absolute atomic E-state index is 0.120. The number of carbonyl (C=O) groups is 1. The van der Waals surface area contributed by atoms with Gasteiger partial charge in [-0.15, -0.1) is 0 Å². The largest absolute Gasteiger partial charge is 0.416 e. The molecular weight excluding hydrogens is 439 g/mol. The molecule has 2 aromatic heterocycles. The van der Waals surface area contributed by atoms with Gasteiger partial charge in [-0.1, -0.05) is 24.3 Å². The van der Waals surface area contributed by atoms with Crippen LogP contribution in [-0.4, -0.2) is 24.6 Å². The van der Waals surface area contributed by atoms with E-state index in [1.54, 1.807) is 30.3 Å². The summed E-state index contributed by atoms with van der Waals surface area (Å²) in [6, 6.07) is 11.3. The van der Waals surface area contributed by atoms with Crippen molar-refractivity contribution >= 4 is 22.8 Å². The zero-order chi connectivity index (χ0) is 23.9. The number of halogens is 3. The quantitative estimate of drug-likeness (QED) is 0.510. The Bertz CT molecular complexity index is 1480. The van der Waals surface area contributed by atoms with Crippen molar-refractivity contribution < 1.29 is 18.0 Å². The lowest BCUT2D eigenvalue weighted by Gasteiger charge is -2.10. The van der Waals surface area contributed by atoms with E-state index in [0.29, 0.717) is 16.8 Å². The van der Waals surface area contributed by atoms with Crippen molar-refractivity contribution in [2.45, 2.75) is 12.7 Å². The number of hydrogen-bond donors (Lipinski definition) is 1. The molecule has 0 saturated carbocycles. The maximum absolute atomic E-state index is 12.9. The molecule has 1 N–H and O–H groups in total. The van der Waals surface area contributed by atoms with E-state index in [1.807, 2.05) is 0 Å². The maximum Gasteiger partial charge on any atom is 0.416 e. The van der Waals surface area contributed by atoms with E-state index in [0.717, 1.165) is 16.7 Å². The van der Waals surface area contributed by atoms with Crippen LogP contribution in [0, 0.1) is 0 Å². The summed E-state index contributed by atoms with van der Waals surface area (Å²) in [7, 11) is 2.82. The first-order chi connectivity index (χ1) is 15.6. The Morgan fingerprint density at radius 1 is 1.00 bits per heavy atom. The molecule has 0 unspecified atom stereocenters. The number of benzene rings is 2. The smallest absolute Gasteiger partial charge is 0.325 e. The van der Waals surface area contributed by atoms with E-state index in [-0.39, 0.29) is 17.7 Å². The average molecular weight is 457 g/mol. The second kappa shape index (κ2) is 8.08. The van der Waals surface area contributed by atoms with Crippen LogP contribution in [0.3, 0.4) is 0 Å². The highest BCUT2D eigenvalue weighted by Crippen LogP contribution is 2.32. The van der Waals surface area contributed by atoms with Crippen LogP contribution in [0.4, 0.5) is 18.9 Å². The molecule has 4 aromatic rings. The summed E-state index contributed by atoms with van der Waals surface area (Å²) in [6.45, 7) is -0.223.